The summed E-state index contributed by atoms with van der Waals surface area (Å²) in [6.07, 6.45) is -18.3. The van der Waals surface area contributed by atoms with Gasteiger partial charge in [-0.25, -0.2) is 0 Å². The number of aliphatic hydroxyl groups excluding tert-OH is 2. The molecule has 2 N–H and O–H groups in total. The van der Waals surface area contributed by atoms with Gasteiger partial charge in [0.25, 0.3) is 0 Å². The van der Waals surface area contributed by atoms with Crippen LogP contribution in [0.15, 0.2) is 248 Å². The Morgan fingerprint density at radius 1 is 0.343 bits per heavy atom. The van der Waals surface area contributed by atoms with Gasteiger partial charge in [0.15, 0.2) is 20.9 Å². The van der Waals surface area contributed by atoms with Gasteiger partial charge in [0, 0.05) is 4.91 Å². The molecule has 1 aliphatic carbocycles. The third kappa shape index (κ3) is 20.1. The Labute approximate surface area is 601 Å². The van der Waals surface area contributed by atoms with Crippen molar-refractivity contribution in [3.05, 3.63) is 298 Å². The summed E-state index contributed by atoms with van der Waals surface area (Å²) in [4.78, 5) is 3.49. The second-order valence-electron chi connectivity index (χ2n) is 27.4. The second kappa shape index (κ2) is 38.4. The van der Waals surface area contributed by atoms with Crippen molar-refractivity contribution in [3.63, 3.8) is 0 Å². The summed E-state index contributed by atoms with van der Waals surface area (Å²) in [5.41, 5.74) is 18.6. The maximum Gasteiger partial charge on any atom is 0.200 e. The molecule has 16 atom stereocenters. The van der Waals surface area contributed by atoms with Gasteiger partial charge in [0.05, 0.1) is 66.1 Å². The Bertz CT molecular complexity index is 3690. The van der Waals surface area contributed by atoms with Crippen molar-refractivity contribution in [2.75, 3.05) is 13.2 Å². The average Bonchev–Trinajstić information content (AvgIpc) is 0.763. The molecule has 8 aromatic rings. The number of rotatable bonds is 36. The lowest BCUT2D eigenvalue weighted by molar-refractivity contribution is -0.372. The van der Waals surface area contributed by atoms with Gasteiger partial charge in [-0.2, -0.15) is 0 Å². The molecular formula is C83H99N3O15Si. The molecule has 0 radical (unpaired) electrons. The highest BCUT2D eigenvalue weighted by Crippen LogP contribution is 2.45. The normalized spacial score (nSPS) is 26.1. The molecule has 0 amide bonds. The van der Waals surface area contributed by atoms with Crippen LogP contribution in [-0.2, 0) is 114 Å². The van der Waals surface area contributed by atoms with E-state index in [9.17, 15) is 15.7 Å². The van der Waals surface area contributed by atoms with E-state index in [1.807, 2.05) is 243 Å². The van der Waals surface area contributed by atoms with Crippen molar-refractivity contribution in [3.8, 4) is 0 Å². The van der Waals surface area contributed by atoms with Gasteiger partial charge in [-0.3, -0.25) is 0 Å². The van der Waals surface area contributed by atoms with Crippen molar-refractivity contribution in [2.45, 2.75) is 209 Å². The summed E-state index contributed by atoms with van der Waals surface area (Å²) in [5.74, 6) is 0. The molecule has 3 aliphatic rings. The van der Waals surface area contributed by atoms with Crippen molar-refractivity contribution < 1.29 is 71.5 Å². The van der Waals surface area contributed by atoms with Crippen LogP contribution in [0.2, 0.25) is 16.6 Å². The third-order valence-electron chi connectivity index (χ3n) is 19.6. The first-order chi connectivity index (χ1) is 49.9. The maximum absolute atomic E-state index is 12.9. The van der Waals surface area contributed by atoms with Gasteiger partial charge in [-0.05, 0) is 66.7 Å². The Hall–Kier alpha value is -7.31. The molecule has 1 saturated carbocycles. The first-order valence-electron chi connectivity index (χ1n) is 35.7. The first-order valence-corrected chi connectivity index (χ1v) is 37.9. The zero-order valence-electron chi connectivity index (χ0n) is 59.2. The number of hydrogen-bond acceptors (Lipinski definition) is 16. The zero-order valence-corrected chi connectivity index (χ0v) is 60.2. The smallest absolute Gasteiger partial charge is 0.200 e. The molecule has 540 valence electrons. The minimum atomic E-state index is -2.62. The minimum Gasteiger partial charge on any atom is -0.413 e. The van der Waals surface area contributed by atoms with E-state index in [4.69, 9.17) is 61.3 Å². The molecule has 18 nitrogen and oxygen atoms in total. The molecule has 0 bridgehead atoms. The molecule has 0 aromatic heterocycles. The van der Waals surface area contributed by atoms with E-state index >= 15 is 0 Å². The van der Waals surface area contributed by atoms with Crippen molar-refractivity contribution in [1.82, 2.24) is 0 Å². The highest BCUT2D eigenvalue weighted by Gasteiger charge is 2.59. The van der Waals surface area contributed by atoms with Gasteiger partial charge >= 0.3 is 0 Å². The second-order valence-corrected chi connectivity index (χ2v) is 32.9. The molecule has 8 aromatic carbocycles. The molecule has 11 rings (SSSR count). The largest absolute Gasteiger partial charge is 0.413 e. The van der Waals surface area contributed by atoms with E-state index in [2.05, 4.69) is 51.6 Å². The number of benzene rings is 8. The predicted molar refractivity (Wildman–Crippen MR) is 390 cm³/mol. The summed E-state index contributed by atoms with van der Waals surface area (Å²) >= 11 is 0. The SMILES string of the molecule is CC(C)[Si](OC[C@H]1O[C@H](O[C@H]2[C@H](OCc3ccccc3)[C@@H](N=[N+]=[N-])[C@@H](O[C@@H]3[C@@H](O)[C@@H](O)[C@@H](OCc4ccccc4)[C@H](OCc4ccccc4)[C@H]3OCc3ccccc3)O[C@@H]2COCc2ccccc2)[C@@H](OCc2ccccc2)[C@@H](OCc2ccccc2)[C@@H]1OCc1ccccc1)(C(C)C)C(C)C. The Balaban J connectivity index is 1.03. The average molecular weight is 1410 g/mol. The molecule has 0 spiro atoms. The van der Waals surface area contributed by atoms with Crippen LogP contribution in [0.4, 0.5) is 0 Å². The van der Waals surface area contributed by atoms with Gasteiger partial charge in [0.2, 0.25) is 0 Å². The lowest BCUT2D eigenvalue weighted by Crippen LogP contribution is -2.69. The lowest BCUT2D eigenvalue weighted by atomic mass is 9.83. The topological polar surface area (TPSA) is 209 Å². The fourth-order valence-electron chi connectivity index (χ4n) is 14.5. The zero-order chi connectivity index (χ0) is 71.1. The third-order valence-corrected chi connectivity index (χ3v) is 25.6. The number of aliphatic hydroxyl groups is 2. The fourth-order valence-corrected chi connectivity index (χ4v) is 20.0. The predicted octanol–water partition coefficient (Wildman–Crippen LogP) is 15.1. The van der Waals surface area contributed by atoms with Crippen LogP contribution in [-0.4, -0.2) is 130 Å². The molecule has 0 unspecified atom stereocenters. The summed E-state index contributed by atoms with van der Waals surface area (Å²) in [6, 6.07) is 76.6. The van der Waals surface area contributed by atoms with Gasteiger partial charge in [0.1, 0.15) is 85.4 Å². The van der Waals surface area contributed by atoms with Crippen LogP contribution < -0.4 is 0 Å². The van der Waals surface area contributed by atoms with E-state index in [0.29, 0.717) is 0 Å². The monoisotopic (exact) mass is 1410 g/mol. The molecule has 2 aliphatic heterocycles. The van der Waals surface area contributed by atoms with Crippen LogP contribution in [0.25, 0.3) is 10.4 Å². The van der Waals surface area contributed by atoms with Crippen molar-refractivity contribution in [2.24, 2.45) is 5.11 Å². The highest BCUT2D eigenvalue weighted by atomic mass is 28.4. The Morgan fingerprint density at radius 3 is 1.00 bits per heavy atom. The van der Waals surface area contributed by atoms with E-state index in [0.717, 1.165) is 44.5 Å². The molecule has 3 fully saturated rings. The fraction of sp³-hybridized carbons (Fsp3) is 0.422. The number of azide groups is 1. The summed E-state index contributed by atoms with van der Waals surface area (Å²) in [6.45, 7) is 14.3. The van der Waals surface area contributed by atoms with E-state index in [1.165, 1.54) is 0 Å². The van der Waals surface area contributed by atoms with Crippen LogP contribution in [0.3, 0.4) is 0 Å². The molecule has 102 heavy (non-hydrogen) atoms. The highest BCUT2D eigenvalue weighted by molar-refractivity contribution is 6.77. The van der Waals surface area contributed by atoms with Crippen LogP contribution >= 0.6 is 0 Å². The first kappa shape index (κ1) is 75.8. The van der Waals surface area contributed by atoms with E-state index in [-0.39, 0.29) is 82.7 Å². The number of hydrogen-bond donors (Lipinski definition) is 2. The van der Waals surface area contributed by atoms with Gasteiger partial charge in [-0.1, -0.05) is 289 Å². The van der Waals surface area contributed by atoms with Gasteiger partial charge in [-0.15, -0.1) is 0 Å². The maximum atomic E-state index is 12.9. The standard InChI is InChI=1S/C83H99N3O15Si/c1-57(2)102(58(3)4,59(5)6)97-56-69-73(90-48-61-33-17-8-18-34-61)78(93-51-64-39-23-11-24-40-64)81(96-54-67-45-29-14-30-46-67)83(99-69)100-74-68(55-89-47-60-31-15-7-16-32-60)98-82(70(85-86-84)75(74)91-49-62-35-19-9-20-36-62)101-77-72(88)71(87)76(92-50-63-37-21-10-22-38-63)79(94-52-65-41-25-12-26-42-65)80(77)95-53-66-43-27-13-28-44-66/h7-46,57-59,68-83,87-88H,47-56H2,1-6H3/t68-,69-,70-,71-,72+,73-,74-,75-,76-,77-,78+,79+,80+,81+,82-,83-/m1/s1. The quantitative estimate of drug-likeness (QED) is 0.0162. The molecule has 19 heteroatoms. The molecular weight excluding hydrogens is 1310 g/mol. The molecule has 2 saturated heterocycles. The van der Waals surface area contributed by atoms with Crippen LogP contribution in [0.1, 0.15) is 86.1 Å². The summed E-state index contributed by atoms with van der Waals surface area (Å²) < 4.78 is 93.7. The van der Waals surface area contributed by atoms with Crippen LogP contribution in [0, 0.1) is 0 Å². The summed E-state index contributed by atoms with van der Waals surface area (Å²) in [5, 5.41) is 30.1. The van der Waals surface area contributed by atoms with Crippen LogP contribution in [0.5, 0.6) is 0 Å². The van der Waals surface area contributed by atoms with Crippen molar-refractivity contribution >= 4 is 8.32 Å². The van der Waals surface area contributed by atoms with Crippen molar-refractivity contribution in [1.29, 1.82) is 0 Å². The lowest BCUT2D eigenvalue weighted by Gasteiger charge is -2.52. The summed E-state index contributed by atoms with van der Waals surface area (Å²) in [7, 11) is -2.62. The Morgan fingerprint density at radius 2 is 0.627 bits per heavy atom. The minimum absolute atomic E-state index is 0.00298. The van der Waals surface area contributed by atoms with E-state index in [1.54, 1.807) is 0 Å². The van der Waals surface area contributed by atoms with Gasteiger partial charge < -0.3 is 71.5 Å². The number of nitrogens with zero attached hydrogens (tertiary/aromatic N) is 3. The number of ether oxygens (including phenoxy) is 12. The van der Waals surface area contributed by atoms with E-state index < -0.39 is 106 Å². The molecule has 2 heterocycles. The Kier molecular flexibility index (Phi) is 28.6.